The molecule has 0 spiro atoms. The van der Waals surface area contributed by atoms with Gasteiger partial charge in [-0.3, -0.25) is 4.79 Å². The number of rotatable bonds is 2. The molecule has 2 aromatic rings. The average molecular weight is 288 g/mol. The maximum atomic E-state index is 11.6. The second kappa shape index (κ2) is 5.65. The molecule has 2 aromatic carbocycles. The molecule has 0 saturated carbocycles. The summed E-state index contributed by atoms with van der Waals surface area (Å²) in [5, 5.41) is 3.67. The van der Waals surface area contributed by atoms with Crippen molar-refractivity contribution in [1.82, 2.24) is 5.32 Å². The lowest BCUT2D eigenvalue weighted by atomic mass is 9.94. The minimum absolute atomic E-state index is 0.0870. The number of carbonyl (C=O) groups is 1. The van der Waals surface area contributed by atoms with E-state index < -0.39 is 0 Å². The SMILES string of the molecule is O=C1COC(c2ccccc2)C(c2ccc(Cl)cc2)N1. The van der Waals surface area contributed by atoms with Crippen LogP contribution in [0.1, 0.15) is 23.3 Å². The summed E-state index contributed by atoms with van der Waals surface area (Å²) in [5.41, 5.74) is 2.03. The number of amides is 1. The number of nitrogens with one attached hydrogen (secondary N) is 1. The maximum absolute atomic E-state index is 11.6. The lowest BCUT2D eigenvalue weighted by Crippen LogP contribution is -2.41. The second-order valence-corrected chi connectivity index (χ2v) is 5.18. The van der Waals surface area contributed by atoms with Gasteiger partial charge in [0.2, 0.25) is 5.91 Å². The summed E-state index contributed by atoms with van der Waals surface area (Å²) in [6.45, 7) is 0.0870. The quantitative estimate of drug-likeness (QED) is 0.921. The van der Waals surface area contributed by atoms with Gasteiger partial charge in [-0.25, -0.2) is 0 Å². The zero-order chi connectivity index (χ0) is 13.9. The van der Waals surface area contributed by atoms with E-state index in [0.29, 0.717) is 5.02 Å². The Morgan fingerprint density at radius 1 is 1.00 bits per heavy atom. The second-order valence-electron chi connectivity index (χ2n) is 4.74. The molecule has 1 saturated heterocycles. The molecule has 1 heterocycles. The van der Waals surface area contributed by atoms with Gasteiger partial charge in [-0.1, -0.05) is 54.1 Å². The fourth-order valence-corrected chi connectivity index (χ4v) is 2.54. The number of benzene rings is 2. The van der Waals surface area contributed by atoms with Crippen LogP contribution in [0, 0.1) is 0 Å². The highest BCUT2D eigenvalue weighted by atomic mass is 35.5. The van der Waals surface area contributed by atoms with E-state index in [0.717, 1.165) is 11.1 Å². The summed E-state index contributed by atoms with van der Waals surface area (Å²) >= 11 is 5.91. The minimum Gasteiger partial charge on any atom is -0.361 e. The van der Waals surface area contributed by atoms with Gasteiger partial charge < -0.3 is 10.1 Å². The van der Waals surface area contributed by atoms with Crippen LogP contribution in [0.25, 0.3) is 0 Å². The van der Waals surface area contributed by atoms with Crippen molar-refractivity contribution in [2.75, 3.05) is 6.61 Å². The van der Waals surface area contributed by atoms with Crippen molar-refractivity contribution in [3.63, 3.8) is 0 Å². The van der Waals surface area contributed by atoms with Crippen molar-refractivity contribution in [3.05, 3.63) is 70.7 Å². The molecule has 0 aromatic heterocycles. The van der Waals surface area contributed by atoms with Gasteiger partial charge >= 0.3 is 0 Å². The molecule has 1 aliphatic heterocycles. The van der Waals surface area contributed by atoms with Crippen molar-refractivity contribution in [2.45, 2.75) is 12.1 Å². The Labute approximate surface area is 122 Å². The van der Waals surface area contributed by atoms with Gasteiger partial charge in [-0.05, 0) is 23.3 Å². The van der Waals surface area contributed by atoms with Crippen molar-refractivity contribution < 1.29 is 9.53 Å². The highest BCUT2D eigenvalue weighted by Gasteiger charge is 2.31. The molecule has 20 heavy (non-hydrogen) atoms. The van der Waals surface area contributed by atoms with E-state index in [1.165, 1.54) is 0 Å². The Hall–Kier alpha value is -1.84. The molecule has 0 radical (unpaired) electrons. The molecule has 3 nitrogen and oxygen atoms in total. The molecule has 1 fully saturated rings. The zero-order valence-electron chi connectivity index (χ0n) is 10.8. The molecule has 1 N–H and O–H groups in total. The normalized spacial score (nSPS) is 22.4. The van der Waals surface area contributed by atoms with E-state index >= 15 is 0 Å². The predicted molar refractivity (Wildman–Crippen MR) is 77.5 cm³/mol. The molecule has 2 atom stereocenters. The number of halogens is 1. The van der Waals surface area contributed by atoms with Gasteiger partial charge in [0.05, 0.1) is 6.04 Å². The summed E-state index contributed by atoms with van der Waals surface area (Å²) < 4.78 is 5.73. The first-order chi connectivity index (χ1) is 9.74. The van der Waals surface area contributed by atoms with Gasteiger partial charge in [0.1, 0.15) is 12.7 Å². The van der Waals surface area contributed by atoms with Crippen LogP contribution in [0.3, 0.4) is 0 Å². The predicted octanol–water partition coefficient (Wildman–Crippen LogP) is 3.27. The first-order valence-corrected chi connectivity index (χ1v) is 6.83. The molecule has 2 unspecified atom stereocenters. The Morgan fingerprint density at radius 3 is 2.40 bits per heavy atom. The van der Waals surface area contributed by atoms with Gasteiger partial charge in [0.15, 0.2) is 0 Å². The number of ether oxygens (including phenoxy) is 1. The van der Waals surface area contributed by atoms with Gasteiger partial charge in [0, 0.05) is 5.02 Å². The largest absolute Gasteiger partial charge is 0.361 e. The van der Waals surface area contributed by atoms with Gasteiger partial charge in [0.25, 0.3) is 0 Å². The zero-order valence-corrected chi connectivity index (χ0v) is 11.5. The number of morpholine rings is 1. The molecule has 1 aliphatic rings. The van der Waals surface area contributed by atoms with E-state index in [9.17, 15) is 4.79 Å². The molecule has 3 rings (SSSR count). The lowest BCUT2D eigenvalue weighted by Gasteiger charge is -2.33. The smallest absolute Gasteiger partial charge is 0.246 e. The van der Waals surface area contributed by atoms with E-state index in [1.807, 2.05) is 54.6 Å². The number of carbonyl (C=O) groups excluding carboxylic acids is 1. The summed E-state index contributed by atoms with van der Waals surface area (Å²) in [5.74, 6) is -0.0999. The summed E-state index contributed by atoms with van der Waals surface area (Å²) in [4.78, 5) is 11.6. The average Bonchev–Trinajstić information content (AvgIpc) is 2.49. The van der Waals surface area contributed by atoms with Crippen molar-refractivity contribution in [1.29, 1.82) is 0 Å². The first kappa shape index (κ1) is 13.2. The van der Waals surface area contributed by atoms with Crippen LogP contribution in [0.2, 0.25) is 5.02 Å². The summed E-state index contributed by atoms with van der Waals surface area (Å²) in [6.07, 6.45) is -0.185. The molecule has 1 amide bonds. The Bertz CT molecular complexity index is 598. The summed E-state index contributed by atoms with van der Waals surface area (Å²) in [6, 6.07) is 17.2. The molecule has 0 aliphatic carbocycles. The van der Waals surface area contributed by atoms with Crippen LogP contribution in [0.4, 0.5) is 0 Å². The van der Waals surface area contributed by atoms with E-state index in [4.69, 9.17) is 16.3 Å². The fraction of sp³-hybridized carbons (Fsp3) is 0.188. The van der Waals surface area contributed by atoms with E-state index in [1.54, 1.807) is 0 Å². The fourth-order valence-electron chi connectivity index (χ4n) is 2.41. The third-order valence-electron chi connectivity index (χ3n) is 3.37. The highest BCUT2D eigenvalue weighted by molar-refractivity contribution is 6.30. The third-order valence-corrected chi connectivity index (χ3v) is 3.62. The minimum atomic E-state index is -0.198. The van der Waals surface area contributed by atoms with Crippen LogP contribution in [0.15, 0.2) is 54.6 Å². The first-order valence-electron chi connectivity index (χ1n) is 6.45. The molecule has 4 heteroatoms. The van der Waals surface area contributed by atoms with Crippen molar-refractivity contribution in [3.8, 4) is 0 Å². The Kier molecular flexibility index (Phi) is 3.72. The van der Waals surface area contributed by atoms with Crippen LogP contribution >= 0.6 is 11.6 Å². The monoisotopic (exact) mass is 287 g/mol. The summed E-state index contributed by atoms with van der Waals surface area (Å²) in [7, 11) is 0. The van der Waals surface area contributed by atoms with Crippen molar-refractivity contribution >= 4 is 17.5 Å². The van der Waals surface area contributed by atoms with Crippen LogP contribution in [-0.4, -0.2) is 12.5 Å². The topological polar surface area (TPSA) is 38.3 Å². The van der Waals surface area contributed by atoms with Crippen LogP contribution in [-0.2, 0) is 9.53 Å². The third kappa shape index (κ3) is 2.69. The number of hydrogen-bond donors (Lipinski definition) is 1. The number of hydrogen-bond acceptors (Lipinski definition) is 2. The van der Waals surface area contributed by atoms with E-state index in [-0.39, 0.29) is 24.7 Å². The maximum Gasteiger partial charge on any atom is 0.246 e. The molecule has 102 valence electrons. The molecular formula is C16H14ClNO2. The Balaban J connectivity index is 1.95. The molecular weight excluding hydrogens is 274 g/mol. The van der Waals surface area contributed by atoms with Crippen LogP contribution < -0.4 is 5.32 Å². The van der Waals surface area contributed by atoms with Gasteiger partial charge in [-0.15, -0.1) is 0 Å². The van der Waals surface area contributed by atoms with Gasteiger partial charge in [-0.2, -0.15) is 0 Å². The Morgan fingerprint density at radius 2 is 1.70 bits per heavy atom. The highest BCUT2D eigenvalue weighted by Crippen LogP contribution is 2.34. The lowest BCUT2D eigenvalue weighted by molar-refractivity contribution is -0.137. The van der Waals surface area contributed by atoms with Crippen LogP contribution in [0.5, 0.6) is 0 Å². The molecule has 0 bridgehead atoms. The van der Waals surface area contributed by atoms with E-state index in [2.05, 4.69) is 5.32 Å². The van der Waals surface area contributed by atoms with Crippen molar-refractivity contribution in [2.24, 2.45) is 0 Å². The standard InChI is InChI=1S/C16H14ClNO2/c17-13-8-6-11(7-9-13)15-16(20-10-14(19)18-15)12-4-2-1-3-5-12/h1-9,15-16H,10H2,(H,18,19).